The van der Waals surface area contributed by atoms with Gasteiger partial charge in [0.15, 0.2) is 17.3 Å². The number of Topliss-reactive ketones (excluding diaryl/α,β-unsaturated/α-hetero) is 1. The van der Waals surface area contributed by atoms with Gasteiger partial charge in [-0.25, -0.2) is 0 Å². The Balaban J connectivity index is 2.23. The van der Waals surface area contributed by atoms with Gasteiger partial charge in [0.1, 0.15) is 0 Å². The number of ether oxygens (including phenoxy) is 2. The van der Waals surface area contributed by atoms with Crippen molar-refractivity contribution in [1.29, 1.82) is 0 Å². The van der Waals surface area contributed by atoms with Crippen molar-refractivity contribution in [1.82, 2.24) is 5.32 Å². The fourth-order valence-electron chi connectivity index (χ4n) is 1.32. The number of rotatable bonds is 3. The van der Waals surface area contributed by atoms with Crippen molar-refractivity contribution in [2.75, 3.05) is 13.8 Å². The summed E-state index contributed by atoms with van der Waals surface area (Å²) in [7, 11) is 0. The van der Waals surface area contributed by atoms with E-state index in [1.807, 2.05) is 0 Å². The van der Waals surface area contributed by atoms with Crippen LogP contribution in [0.15, 0.2) is 18.2 Å². The maximum absolute atomic E-state index is 12.1. The number of fused-ring (bicyclic) bond motifs is 1. The summed E-state index contributed by atoms with van der Waals surface area (Å²) >= 11 is 0. The molecule has 1 N–H and O–H groups in total. The molecule has 0 bridgehead atoms. The summed E-state index contributed by atoms with van der Waals surface area (Å²) in [5, 5.41) is 2.26. The first kappa shape index (κ1) is 6.85. The highest BCUT2D eigenvalue weighted by Gasteiger charge is 2.18. The van der Waals surface area contributed by atoms with Gasteiger partial charge in [-0.05, 0) is 32.1 Å². The third-order valence-corrected chi connectivity index (χ3v) is 2.19. The molecule has 4 heteroatoms. The van der Waals surface area contributed by atoms with Crippen molar-refractivity contribution in [2.24, 2.45) is 0 Å². The molecule has 0 saturated heterocycles. The molecular formula is C11H13NO3. The van der Waals surface area contributed by atoms with Crippen LogP contribution in [0.25, 0.3) is 0 Å². The summed E-state index contributed by atoms with van der Waals surface area (Å²) in [6.45, 7) is -0.00796. The van der Waals surface area contributed by atoms with Crippen molar-refractivity contribution in [3.05, 3.63) is 23.8 Å². The third-order valence-electron chi connectivity index (χ3n) is 2.19. The summed E-state index contributed by atoms with van der Waals surface area (Å²) in [6, 6.07) is 2.92. The quantitative estimate of drug-likeness (QED) is 0.762. The van der Waals surface area contributed by atoms with Crippen LogP contribution in [-0.2, 0) is 0 Å². The molecule has 1 aliphatic rings. The molecule has 1 unspecified atom stereocenters. The molecule has 0 spiro atoms. The Labute approximate surface area is 92.4 Å². The van der Waals surface area contributed by atoms with Gasteiger partial charge in [0.05, 0.1) is 7.39 Å². The molecule has 0 amide bonds. The molecule has 0 aliphatic carbocycles. The maximum atomic E-state index is 12.1. The first-order chi connectivity index (χ1) is 8.40. The monoisotopic (exact) mass is 210 g/mol. The van der Waals surface area contributed by atoms with Crippen LogP contribution in [0.4, 0.5) is 0 Å². The number of carbonyl (C=O) groups is 1. The summed E-state index contributed by atoms with van der Waals surface area (Å²) in [4.78, 5) is 12.1. The van der Waals surface area contributed by atoms with Gasteiger partial charge in [-0.1, -0.05) is 0 Å². The predicted molar refractivity (Wildman–Crippen MR) is 55.4 cm³/mol. The van der Waals surface area contributed by atoms with Crippen molar-refractivity contribution < 1.29 is 18.4 Å². The van der Waals surface area contributed by atoms with E-state index in [-0.39, 0.29) is 12.4 Å². The fourth-order valence-corrected chi connectivity index (χ4v) is 1.32. The van der Waals surface area contributed by atoms with E-state index >= 15 is 0 Å². The van der Waals surface area contributed by atoms with Crippen LogP contribution in [0.3, 0.4) is 0 Å². The average molecular weight is 210 g/mol. The Morgan fingerprint density at radius 2 is 2.40 bits per heavy atom. The molecule has 4 nitrogen and oxygen atoms in total. The lowest BCUT2D eigenvalue weighted by molar-refractivity contribution is 0.0954. The zero-order valence-corrected chi connectivity index (χ0v) is 8.24. The Kier molecular flexibility index (Phi) is 1.78. The normalized spacial score (nSPS) is 20.3. The summed E-state index contributed by atoms with van der Waals surface area (Å²) in [5.74, 6) is 0.500. The second kappa shape index (κ2) is 3.90. The number of hydrogen-bond acceptors (Lipinski definition) is 4. The Morgan fingerprint density at radius 3 is 3.20 bits per heavy atom. The van der Waals surface area contributed by atoms with Gasteiger partial charge >= 0.3 is 0 Å². The second-order valence-corrected chi connectivity index (χ2v) is 3.17. The van der Waals surface area contributed by atoms with Crippen LogP contribution in [0.5, 0.6) is 11.5 Å². The number of hydrogen-bond donors (Lipinski definition) is 1. The zero-order valence-electron chi connectivity index (χ0n) is 11.2. The van der Waals surface area contributed by atoms with Gasteiger partial charge in [-0.15, -0.1) is 0 Å². The smallest absolute Gasteiger partial charge is 0.231 e. The second-order valence-electron chi connectivity index (χ2n) is 3.17. The lowest BCUT2D eigenvalue weighted by Crippen LogP contribution is -2.30. The maximum Gasteiger partial charge on any atom is 0.231 e. The Hall–Kier alpha value is -1.55. The first-order valence-electron chi connectivity index (χ1n) is 6.12. The molecule has 0 radical (unpaired) electrons. The topological polar surface area (TPSA) is 47.6 Å². The number of carbonyl (C=O) groups excluding carboxylic acids is 1. The predicted octanol–water partition coefficient (Wildman–Crippen LogP) is 1.21. The minimum absolute atomic E-state index is 0.116. The SMILES string of the molecule is [2H]C([2H])NC([2H])(C)C(=O)c1ccc2c(c1)OCO2. The highest BCUT2D eigenvalue weighted by atomic mass is 16.7. The van der Waals surface area contributed by atoms with Gasteiger partial charge in [0.25, 0.3) is 0 Å². The highest BCUT2D eigenvalue weighted by molar-refractivity contribution is 6.00. The van der Waals surface area contributed by atoms with Gasteiger partial charge in [0.2, 0.25) is 6.79 Å². The highest BCUT2D eigenvalue weighted by Crippen LogP contribution is 2.32. The summed E-state index contributed by atoms with van der Waals surface area (Å²) in [6.07, 6.45) is 0. The van der Waals surface area contributed by atoms with E-state index < -0.39 is 18.8 Å². The Morgan fingerprint density at radius 1 is 1.60 bits per heavy atom. The van der Waals surface area contributed by atoms with Crippen LogP contribution in [0.1, 0.15) is 21.4 Å². The van der Waals surface area contributed by atoms with Gasteiger partial charge < -0.3 is 14.8 Å². The lowest BCUT2D eigenvalue weighted by Gasteiger charge is -2.09. The molecule has 15 heavy (non-hydrogen) atoms. The summed E-state index contributed by atoms with van der Waals surface area (Å²) in [5.41, 5.74) is 0.282. The molecule has 0 aromatic heterocycles. The molecule has 1 aromatic carbocycles. The number of nitrogens with one attached hydrogen (secondary N) is 1. The van der Waals surface area contributed by atoms with E-state index in [4.69, 9.17) is 13.6 Å². The number of ketones is 1. The van der Waals surface area contributed by atoms with Crippen molar-refractivity contribution >= 4 is 5.78 Å². The van der Waals surface area contributed by atoms with Crippen LogP contribution >= 0.6 is 0 Å². The molecule has 1 aliphatic heterocycles. The largest absolute Gasteiger partial charge is 0.454 e. The first-order valence-corrected chi connectivity index (χ1v) is 4.47. The molecule has 0 fully saturated rings. The van der Waals surface area contributed by atoms with E-state index in [9.17, 15) is 4.79 Å². The van der Waals surface area contributed by atoms with Crippen LogP contribution in [0, 0.1) is 0 Å². The van der Waals surface area contributed by atoms with Gasteiger partial charge in [-0.2, -0.15) is 0 Å². The summed E-state index contributed by atoms with van der Waals surface area (Å²) < 4.78 is 32.2. The molecular weight excluding hydrogens is 194 g/mol. The third kappa shape index (κ3) is 1.80. The molecule has 1 heterocycles. The van der Waals surface area contributed by atoms with E-state index in [1.54, 1.807) is 6.07 Å². The van der Waals surface area contributed by atoms with E-state index in [0.717, 1.165) is 0 Å². The van der Waals surface area contributed by atoms with Crippen LogP contribution < -0.4 is 14.8 Å². The van der Waals surface area contributed by atoms with E-state index in [0.29, 0.717) is 11.5 Å². The van der Waals surface area contributed by atoms with Gasteiger partial charge in [0, 0.05) is 8.30 Å². The number of benzene rings is 1. The molecule has 1 atom stereocenters. The van der Waals surface area contributed by atoms with Crippen LogP contribution in [0.2, 0.25) is 0 Å². The van der Waals surface area contributed by atoms with Crippen molar-refractivity contribution in [2.45, 2.75) is 12.9 Å². The molecule has 0 saturated carbocycles. The van der Waals surface area contributed by atoms with E-state index in [1.165, 1.54) is 19.1 Å². The lowest BCUT2D eigenvalue weighted by atomic mass is 10.1. The molecule has 1 aromatic rings. The average Bonchev–Trinajstić information content (AvgIpc) is 2.72. The Bertz CT molecular complexity index is 477. The molecule has 80 valence electrons. The van der Waals surface area contributed by atoms with Gasteiger partial charge in [-0.3, -0.25) is 4.79 Å². The number of likely N-dealkylation sites (N-methyl/N-ethyl adjacent to an activating group) is 1. The van der Waals surface area contributed by atoms with E-state index in [2.05, 4.69) is 5.32 Å². The van der Waals surface area contributed by atoms with Crippen molar-refractivity contribution in [3.8, 4) is 11.5 Å². The fraction of sp³-hybridized carbons (Fsp3) is 0.364. The van der Waals surface area contributed by atoms with Crippen molar-refractivity contribution in [3.63, 3.8) is 0 Å². The molecule has 2 rings (SSSR count). The standard InChI is InChI=1S/C11H13NO3/c1-7(12-2)11(13)8-3-4-9-10(5-8)15-6-14-9/h3-5,7,12H,6H2,1-2H3/i2D2,7D. The van der Waals surface area contributed by atoms with Crippen LogP contribution in [-0.4, -0.2) is 25.6 Å². The zero-order chi connectivity index (χ0) is 13.3. The minimum Gasteiger partial charge on any atom is -0.454 e. The minimum atomic E-state index is -1.72.